The van der Waals surface area contributed by atoms with Crippen molar-refractivity contribution < 1.29 is 9.59 Å². The van der Waals surface area contributed by atoms with Gasteiger partial charge in [0.15, 0.2) is 0 Å². The molecule has 0 N–H and O–H groups in total. The predicted octanol–water partition coefficient (Wildman–Crippen LogP) is 2.66. The van der Waals surface area contributed by atoms with Crippen LogP contribution in [0.2, 0.25) is 0 Å². The highest BCUT2D eigenvalue weighted by Crippen LogP contribution is 2.39. The highest BCUT2D eigenvalue weighted by Gasteiger charge is 2.42. The van der Waals surface area contributed by atoms with E-state index in [-0.39, 0.29) is 17.2 Å². The van der Waals surface area contributed by atoms with Crippen molar-refractivity contribution in [1.82, 2.24) is 19.8 Å². The standard InChI is InChI=1S/C20H30N4O2S/c1-3-27-10-6-19(26)23-9-4-7-20(14-23)8-5-18(25)24(15-20)13-17-12-21-16(2)11-22-17/h11-12H,3-10,13-15H2,1-2H3/t20-/m0/s1. The summed E-state index contributed by atoms with van der Waals surface area (Å²) < 4.78 is 0. The number of nitrogens with zero attached hydrogens (tertiary/aromatic N) is 4. The minimum atomic E-state index is 0.0395. The average molecular weight is 391 g/mol. The Morgan fingerprint density at radius 2 is 2.11 bits per heavy atom. The van der Waals surface area contributed by atoms with Crippen molar-refractivity contribution in [2.75, 3.05) is 31.1 Å². The van der Waals surface area contributed by atoms with Crippen LogP contribution in [0.15, 0.2) is 12.4 Å². The lowest BCUT2D eigenvalue weighted by molar-refractivity contribution is -0.143. The van der Waals surface area contributed by atoms with Crippen molar-refractivity contribution in [3.8, 4) is 0 Å². The lowest BCUT2D eigenvalue weighted by Gasteiger charge is -2.48. The monoisotopic (exact) mass is 390 g/mol. The van der Waals surface area contributed by atoms with Crippen LogP contribution < -0.4 is 0 Å². The van der Waals surface area contributed by atoms with E-state index in [9.17, 15) is 9.59 Å². The number of aryl methyl sites for hydroxylation is 1. The Morgan fingerprint density at radius 3 is 2.85 bits per heavy atom. The summed E-state index contributed by atoms with van der Waals surface area (Å²) in [7, 11) is 0. The van der Waals surface area contributed by atoms with Gasteiger partial charge in [-0.2, -0.15) is 11.8 Å². The molecule has 2 aliphatic heterocycles. The highest BCUT2D eigenvalue weighted by atomic mass is 32.2. The van der Waals surface area contributed by atoms with Crippen molar-refractivity contribution in [1.29, 1.82) is 0 Å². The molecule has 0 radical (unpaired) electrons. The number of carbonyl (C=O) groups is 2. The Hall–Kier alpha value is -1.63. The summed E-state index contributed by atoms with van der Waals surface area (Å²) >= 11 is 1.82. The van der Waals surface area contributed by atoms with Crippen LogP contribution in [0.25, 0.3) is 0 Å². The third kappa shape index (κ3) is 5.21. The zero-order valence-corrected chi connectivity index (χ0v) is 17.3. The lowest BCUT2D eigenvalue weighted by Crippen LogP contribution is -2.54. The maximum absolute atomic E-state index is 12.6. The molecule has 2 aliphatic rings. The van der Waals surface area contributed by atoms with E-state index in [4.69, 9.17) is 0 Å². The van der Waals surface area contributed by atoms with Gasteiger partial charge in [0.25, 0.3) is 0 Å². The fourth-order valence-corrected chi connectivity index (χ4v) is 4.77. The molecular formula is C20H30N4O2S. The van der Waals surface area contributed by atoms with Gasteiger partial charge in [0, 0.05) is 49.8 Å². The minimum Gasteiger partial charge on any atom is -0.342 e. The molecule has 0 aromatic carbocycles. The number of piperidine rings is 2. The van der Waals surface area contributed by atoms with E-state index in [0.717, 1.165) is 61.8 Å². The van der Waals surface area contributed by atoms with Crippen LogP contribution in [0.5, 0.6) is 0 Å². The first kappa shape index (κ1) is 20.1. The molecule has 6 nitrogen and oxygen atoms in total. The largest absolute Gasteiger partial charge is 0.342 e. The summed E-state index contributed by atoms with van der Waals surface area (Å²) in [6.07, 6.45) is 7.68. The molecule has 2 saturated heterocycles. The highest BCUT2D eigenvalue weighted by molar-refractivity contribution is 7.99. The molecule has 2 amide bonds. The van der Waals surface area contributed by atoms with E-state index in [1.807, 2.05) is 28.5 Å². The van der Waals surface area contributed by atoms with Crippen LogP contribution in [-0.4, -0.2) is 62.7 Å². The van der Waals surface area contributed by atoms with Crippen molar-refractivity contribution in [3.63, 3.8) is 0 Å². The maximum Gasteiger partial charge on any atom is 0.223 e. The van der Waals surface area contributed by atoms with E-state index in [1.165, 1.54) is 0 Å². The van der Waals surface area contributed by atoms with Gasteiger partial charge in [0.05, 0.1) is 24.1 Å². The van der Waals surface area contributed by atoms with Crippen LogP contribution >= 0.6 is 11.8 Å². The third-order valence-corrected chi connectivity index (χ3v) is 6.51. The summed E-state index contributed by atoms with van der Waals surface area (Å²) in [5, 5.41) is 0. The molecule has 0 aliphatic carbocycles. The van der Waals surface area contributed by atoms with E-state index in [0.29, 0.717) is 19.4 Å². The SMILES string of the molecule is CCSCCC(=O)N1CCC[C@]2(CCC(=O)N(Cc3cnc(C)cn3)C2)C1. The van der Waals surface area contributed by atoms with Crippen LogP contribution in [0.3, 0.4) is 0 Å². The zero-order chi connectivity index (χ0) is 19.3. The lowest BCUT2D eigenvalue weighted by atomic mass is 9.73. The molecule has 0 saturated carbocycles. The molecule has 0 bridgehead atoms. The molecule has 1 spiro atoms. The first-order chi connectivity index (χ1) is 13.0. The van der Waals surface area contributed by atoms with Gasteiger partial charge in [-0.25, -0.2) is 0 Å². The van der Waals surface area contributed by atoms with Gasteiger partial charge < -0.3 is 9.80 Å². The van der Waals surface area contributed by atoms with Gasteiger partial charge in [-0.05, 0) is 31.9 Å². The van der Waals surface area contributed by atoms with Gasteiger partial charge in [-0.3, -0.25) is 19.6 Å². The third-order valence-electron chi connectivity index (χ3n) is 5.61. The average Bonchev–Trinajstić information content (AvgIpc) is 2.67. The fraction of sp³-hybridized carbons (Fsp3) is 0.700. The molecule has 1 aromatic heterocycles. The molecule has 27 heavy (non-hydrogen) atoms. The van der Waals surface area contributed by atoms with Crippen LogP contribution in [0.1, 0.15) is 50.4 Å². The van der Waals surface area contributed by atoms with Crippen molar-refractivity contribution >= 4 is 23.6 Å². The molecule has 2 fully saturated rings. The van der Waals surface area contributed by atoms with Gasteiger partial charge in [-0.15, -0.1) is 0 Å². The van der Waals surface area contributed by atoms with Crippen LogP contribution in [-0.2, 0) is 16.1 Å². The molecule has 3 rings (SSSR count). The molecule has 3 heterocycles. The van der Waals surface area contributed by atoms with E-state index >= 15 is 0 Å². The number of hydrogen-bond donors (Lipinski definition) is 0. The quantitative estimate of drug-likeness (QED) is 0.699. The number of hydrogen-bond acceptors (Lipinski definition) is 5. The van der Waals surface area contributed by atoms with Crippen molar-refractivity contribution in [3.05, 3.63) is 23.8 Å². The van der Waals surface area contributed by atoms with Crippen LogP contribution in [0, 0.1) is 12.3 Å². The Bertz CT molecular complexity index is 666. The smallest absolute Gasteiger partial charge is 0.223 e. The maximum atomic E-state index is 12.6. The number of aromatic nitrogens is 2. The van der Waals surface area contributed by atoms with E-state index < -0.39 is 0 Å². The number of thioether (sulfide) groups is 1. The molecule has 148 valence electrons. The molecule has 1 aromatic rings. The molecule has 0 unspecified atom stereocenters. The van der Waals surface area contributed by atoms with Crippen LogP contribution in [0.4, 0.5) is 0 Å². The minimum absolute atomic E-state index is 0.0395. The van der Waals surface area contributed by atoms with Gasteiger partial charge in [0.2, 0.25) is 11.8 Å². The second kappa shape index (κ2) is 9.04. The van der Waals surface area contributed by atoms with Crippen molar-refractivity contribution in [2.24, 2.45) is 5.41 Å². The predicted molar refractivity (Wildman–Crippen MR) is 107 cm³/mol. The Balaban J connectivity index is 1.63. The Labute approximate surface area is 166 Å². The second-order valence-electron chi connectivity index (χ2n) is 7.76. The zero-order valence-electron chi connectivity index (χ0n) is 16.4. The summed E-state index contributed by atoms with van der Waals surface area (Å²) in [6.45, 7) is 6.89. The first-order valence-corrected chi connectivity index (χ1v) is 11.1. The van der Waals surface area contributed by atoms with Gasteiger partial charge in [-0.1, -0.05) is 6.92 Å². The normalized spacial score (nSPS) is 23.1. The van der Waals surface area contributed by atoms with Crippen molar-refractivity contribution in [2.45, 2.75) is 52.5 Å². The second-order valence-corrected chi connectivity index (χ2v) is 9.16. The first-order valence-electron chi connectivity index (χ1n) is 9.92. The summed E-state index contributed by atoms with van der Waals surface area (Å²) in [5.74, 6) is 2.40. The number of rotatable bonds is 6. The van der Waals surface area contributed by atoms with E-state index in [2.05, 4.69) is 16.9 Å². The summed E-state index contributed by atoms with van der Waals surface area (Å²) in [6, 6.07) is 0. The summed E-state index contributed by atoms with van der Waals surface area (Å²) in [5.41, 5.74) is 1.74. The Kier molecular flexibility index (Phi) is 6.73. The fourth-order valence-electron chi connectivity index (χ4n) is 4.16. The topological polar surface area (TPSA) is 66.4 Å². The number of carbonyl (C=O) groups excluding carboxylic acids is 2. The Morgan fingerprint density at radius 1 is 1.26 bits per heavy atom. The van der Waals surface area contributed by atoms with Gasteiger partial charge >= 0.3 is 0 Å². The van der Waals surface area contributed by atoms with Gasteiger partial charge in [0.1, 0.15) is 0 Å². The summed E-state index contributed by atoms with van der Waals surface area (Å²) in [4.78, 5) is 37.7. The number of amides is 2. The number of likely N-dealkylation sites (tertiary alicyclic amines) is 2. The molecule has 1 atom stereocenters. The molecular weight excluding hydrogens is 360 g/mol. The van der Waals surface area contributed by atoms with E-state index in [1.54, 1.807) is 12.4 Å². The molecule has 7 heteroatoms.